The molecule has 0 unspecified atom stereocenters. The standard InChI is InChI=1S/C21H23N5O4/c1-3-25(11-16-23-13(2)30-24-16)19(27)17-15-6-7-21(29-15)12-26(20(28)18(17)21)10-14-5-4-8-22-9-14/h4-9,15,17-18H,3,10-12H2,1-2H3/t15-,17+,18-,21-/m0/s1. The topological polar surface area (TPSA) is 102 Å². The number of fused-ring (bicyclic) bond motifs is 1. The molecule has 2 fully saturated rings. The lowest BCUT2D eigenvalue weighted by molar-refractivity contribution is -0.143. The van der Waals surface area contributed by atoms with Crippen molar-refractivity contribution >= 4 is 11.8 Å². The van der Waals surface area contributed by atoms with Crippen LogP contribution in [0.15, 0.2) is 41.2 Å². The van der Waals surface area contributed by atoms with Crippen LogP contribution in [-0.4, -0.2) is 61.5 Å². The predicted molar refractivity (Wildman–Crippen MR) is 104 cm³/mol. The molecule has 0 aliphatic carbocycles. The molecule has 9 heteroatoms. The minimum atomic E-state index is -0.730. The van der Waals surface area contributed by atoms with Gasteiger partial charge in [-0.05, 0) is 18.6 Å². The van der Waals surface area contributed by atoms with Gasteiger partial charge in [0.1, 0.15) is 5.60 Å². The van der Waals surface area contributed by atoms with Gasteiger partial charge in [0.25, 0.3) is 0 Å². The first-order chi connectivity index (χ1) is 14.5. The van der Waals surface area contributed by atoms with E-state index in [-0.39, 0.29) is 24.5 Å². The number of nitrogens with zero attached hydrogens (tertiary/aromatic N) is 5. The number of ether oxygens (including phenoxy) is 1. The highest BCUT2D eigenvalue weighted by Crippen LogP contribution is 2.52. The highest BCUT2D eigenvalue weighted by Gasteiger charge is 2.67. The molecule has 1 spiro atoms. The first-order valence-corrected chi connectivity index (χ1v) is 10.1. The van der Waals surface area contributed by atoms with Crippen LogP contribution in [0.1, 0.15) is 24.2 Å². The average Bonchev–Trinajstić information content (AvgIpc) is 3.48. The van der Waals surface area contributed by atoms with E-state index in [4.69, 9.17) is 9.26 Å². The molecule has 2 aromatic rings. The van der Waals surface area contributed by atoms with Crippen LogP contribution >= 0.6 is 0 Å². The van der Waals surface area contributed by atoms with Crippen molar-refractivity contribution in [3.63, 3.8) is 0 Å². The van der Waals surface area contributed by atoms with E-state index in [2.05, 4.69) is 15.1 Å². The fourth-order valence-electron chi connectivity index (χ4n) is 4.84. The van der Waals surface area contributed by atoms with Gasteiger partial charge in [-0.3, -0.25) is 14.6 Å². The summed E-state index contributed by atoms with van der Waals surface area (Å²) in [7, 11) is 0. The van der Waals surface area contributed by atoms with Crippen molar-refractivity contribution in [2.75, 3.05) is 13.1 Å². The Morgan fingerprint density at radius 2 is 2.30 bits per heavy atom. The number of rotatable bonds is 6. The summed E-state index contributed by atoms with van der Waals surface area (Å²) in [5, 5.41) is 3.89. The van der Waals surface area contributed by atoms with E-state index < -0.39 is 17.4 Å². The average molecular weight is 409 g/mol. The molecule has 0 radical (unpaired) electrons. The molecule has 0 N–H and O–H groups in total. The molecule has 5 heterocycles. The van der Waals surface area contributed by atoms with E-state index in [9.17, 15) is 9.59 Å². The quantitative estimate of drug-likeness (QED) is 0.659. The summed E-state index contributed by atoms with van der Waals surface area (Å²) in [5.41, 5.74) is 0.221. The monoisotopic (exact) mass is 409 g/mol. The third kappa shape index (κ3) is 2.92. The number of aryl methyl sites for hydroxylation is 1. The van der Waals surface area contributed by atoms with Crippen molar-refractivity contribution in [1.29, 1.82) is 0 Å². The molecular formula is C21H23N5O4. The van der Waals surface area contributed by atoms with E-state index in [1.807, 2.05) is 31.2 Å². The molecule has 2 amide bonds. The lowest BCUT2D eigenvalue weighted by atomic mass is 9.76. The fraction of sp³-hybridized carbons (Fsp3) is 0.476. The van der Waals surface area contributed by atoms with Gasteiger partial charge in [-0.25, -0.2) is 0 Å². The number of amides is 2. The summed E-state index contributed by atoms with van der Waals surface area (Å²) >= 11 is 0. The van der Waals surface area contributed by atoms with E-state index in [0.29, 0.717) is 31.3 Å². The van der Waals surface area contributed by atoms with Crippen molar-refractivity contribution in [3.8, 4) is 0 Å². The van der Waals surface area contributed by atoms with Gasteiger partial charge in [0, 0.05) is 32.4 Å². The minimum Gasteiger partial charge on any atom is -0.360 e. The Bertz CT molecular complexity index is 1010. The maximum absolute atomic E-state index is 13.5. The second kappa shape index (κ2) is 7.02. The zero-order valence-electron chi connectivity index (χ0n) is 16.9. The van der Waals surface area contributed by atoms with E-state index >= 15 is 0 Å². The summed E-state index contributed by atoms with van der Waals surface area (Å²) in [4.78, 5) is 38.6. The molecule has 2 aromatic heterocycles. The second-order valence-electron chi connectivity index (χ2n) is 8.04. The van der Waals surface area contributed by atoms with Gasteiger partial charge in [0.2, 0.25) is 17.7 Å². The molecule has 30 heavy (non-hydrogen) atoms. The van der Waals surface area contributed by atoms with Crippen LogP contribution < -0.4 is 0 Å². The molecule has 0 aromatic carbocycles. The fourth-order valence-corrected chi connectivity index (χ4v) is 4.84. The SMILES string of the molecule is CCN(Cc1noc(C)n1)C(=O)[C@@H]1[C@@H]2C=C[C@@]3(CN(Cc4cccnc4)C(=O)[C@H]13)O2. The van der Waals surface area contributed by atoms with Gasteiger partial charge >= 0.3 is 0 Å². The number of hydrogen-bond donors (Lipinski definition) is 0. The first-order valence-electron chi connectivity index (χ1n) is 10.1. The summed E-state index contributed by atoms with van der Waals surface area (Å²) in [6, 6.07) is 3.79. The first kappa shape index (κ1) is 18.9. The smallest absolute Gasteiger partial charge is 0.230 e. The molecule has 2 bridgehead atoms. The van der Waals surface area contributed by atoms with Crippen LogP contribution in [0.5, 0.6) is 0 Å². The Morgan fingerprint density at radius 3 is 3.00 bits per heavy atom. The molecule has 0 saturated carbocycles. The van der Waals surface area contributed by atoms with Crippen molar-refractivity contribution < 1.29 is 18.8 Å². The Hall–Kier alpha value is -3.07. The van der Waals surface area contributed by atoms with E-state index in [1.165, 1.54) is 0 Å². The van der Waals surface area contributed by atoms with Crippen molar-refractivity contribution in [2.45, 2.75) is 38.6 Å². The maximum Gasteiger partial charge on any atom is 0.230 e. The van der Waals surface area contributed by atoms with Gasteiger partial charge in [0.05, 0.1) is 31.0 Å². The number of likely N-dealkylation sites (tertiary alicyclic amines) is 1. The zero-order valence-corrected chi connectivity index (χ0v) is 16.9. The van der Waals surface area contributed by atoms with Crippen LogP contribution in [-0.2, 0) is 27.4 Å². The number of hydrogen-bond acceptors (Lipinski definition) is 7. The van der Waals surface area contributed by atoms with E-state index in [0.717, 1.165) is 5.56 Å². The Labute approximate surface area is 173 Å². The highest BCUT2D eigenvalue weighted by molar-refractivity contribution is 5.93. The molecular weight excluding hydrogens is 386 g/mol. The van der Waals surface area contributed by atoms with Crippen LogP contribution in [0.2, 0.25) is 0 Å². The lowest BCUT2D eigenvalue weighted by Crippen LogP contribution is -2.45. The van der Waals surface area contributed by atoms with Gasteiger partial charge in [-0.15, -0.1) is 0 Å². The van der Waals surface area contributed by atoms with Gasteiger partial charge < -0.3 is 19.1 Å². The molecule has 9 nitrogen and oxygen atoms in total. The lowest BCUT2D eigenvalue weighted by Gasteiger charge is -2.28. The largest absolute Gasteiger partial charge is 0.360 e. The Balaban J connectivity index is 1.38. The molecule has 2 saturated heterocycles. The normalized spacial score (nSPS) is 28.9. The Kier molecular flexibility index (Phi) is 4.43. The maximum atomic E-state index is 13.5. The van der Waals surface area contributed by atoms with Crippen LogP contribution in [0.3, 0.4) is 0 Å². The molecule has 4 atom stereocenters. The summed E-state index contributed by atoms with van der Waals surface area (Å²) in [5.74, 6) is -0.316. The summed E-state index contributed by atoms with van der Waals surface area (Å²) in [6.45, 7) is 5.22. The van der Waals surface area contributed by atoms with Crippen molar-refractivity contribution in [1.82, 2.24) is 24.9 Å². The molecule has 5 rings (SSSR count). The summed E-state index contributed by atoms with van der Waals surface area (Å²) in [6.07, 6.45) is 6.96. The minimum absolute atomic E-state index is 0.0458. The van der Waals surface area contributed by atoms with Crippen molar-refractivity contribution in [3.05, 3.63) is 54.0 Å². The van der Waals surface area contributed by atoms with Crippen LogP contribution in [0, 0.1) is 18.8 Å². The second-order valence-corrected chi connectivity index (χ2v) is 8.04. The Morgan fingerprint density at radius 1 is 1.43 bits per heavy atom. The van der Waals surface area contributed by atoms with Crippen LogP contribution in [0.25, 0.3) is 0 Å². The van der Waals surface area contributed by atoms with Gasteiger partial charge in [-0.2, -0.15) is 4.98 Å². The number of aromatic nitrogens is 3. The summed E-state index contributed by atoms with van der Waals surface area (Å²) < 4.78 is 11.2. The number of carbonyl (C=O) groups is 2. The number of carbonyl (C=O) groups excluding carboxylic acids is 2. The molecule has 3 aliphatic rings. The zero-order chi connectivity index (χ0) is 20.9. The number of pyridine rings is 1. The third-order valence-electron chi connectivity index (χ3n) is 6.16. The van der Waals surface area contributed by atoms with Crippen LogP contribution in [0.4, 0.5) is 0 Å². The molecule has 156 valence electrons. The van der Waals surface area contributed by atoms with Gasteiger partial charge in [-0.1, -0.05) is 23.4 Å². The molecule has 3 aliphatic heterocycles. The third-order valence-corrected chi connectivity index (χ3v) is 6.16. The highest BCUT2D eigenvalue weighted by atomic mass is 16.5. The van der Waals surface area contributed by atoms with Crippen molar-refractivity contribution in [2.24, 2.45) is 11.8 Å². The van der Waals surface area contributed by atoms with Gasteiger partial charge in [0.15, 0.2) is 5.82 Å². The predicted octanol–water partition coefficient (Wildman–Crippen LogP) is 1.10. The van der Waals surface area contributed by atoms with E-state index in [1.54, 1.807) is 29.1 Å².